The van der Waals surface area contributed by atoms with E-state index in [9.17, 15) is 39.6 Å². The number of amides is 1. The maximum absolute atomic E-state index is 14.2. The molecule has 14 atom stereocenters. The summed E-state index contributed by atoms with van der Waals surface area (Å²) in [6.07, 6.45) is 3.43. The number of hydrogen-bond acceptors (Lipinski definition) is 12. The summed E-state index contributed by atoms with van der Waals surface area (Å²) in [4.78, 5) is 57.4. The fraction of sp³-hybridized carbons (Fsp3) is 0.767. The Morgan fingerprint density at radius 3 is 2.30 bits per heavy atom. The molecule has 3 fully saturated rings. The molecule has 0 unspecified atom stereocenters. The van der Waals surface area contributed by atoms with Gasteiger partial charge in [-0.1, -0.05) is 44.6 Å². The Hall–Kier alpha value is -2.78. The SMILES string of the molecule is C=CC[C@@H]1/C=C(\C)C[C@H](C)C[C@H](OC)[C@H]2O[C@@](O)(C(=O)C(=O)N3CCCC[C@H]3C(=O)O[C@H](/C(C)=C/[C@@H]3CC[C@@H](O)[C@H](OC)C3)[C@H](C)[C@@H](O)CC1=O)[C@H](C)C[C@@H]2O. The first-order valence-corrected chi connectivity index (χ1v) is 20.5. The average molecular weight is 790 g/mol. The molecule has 1 amide bonds. The van der Waals surface area contributed by atoms with Crippen molar-refractivity contribution in [3.63, 3.8) is 0 Å². The summed E-state index contributed by atoms with van der Waals surface area (Å²) in [6.45, 7) is 12.9. The standard InChI is InChI=1S/C43H67NO12/c1-9-12-30-18-24(2)17-25(3)19-37(54-8)39-35(48)21-27(5)43(52,56-39)40(49)41(50)44-16-11-10-13-31(44)42(51)55-38(28(6)33(46)23-34(30)47)26(4)20-29-14-15-32(45)36(22-29)53-7/h9,18,20,25,27-33,35-39,45-46,48,52H,1,10-17,19,21-23H2,2-8H3/b24-18+,26-20+/t25-,27+,28+,29-,30+,31-,32+,33-,35-,36+,37-,38+,39-,43+/m0/s1. The minimum atomic E-state index is -2.59. The number of ketones is 2. The third-order valence-electron chi connectivity index (χ3n) is 12.6. The van der Waals surface area contributed by atoms with Crippen LogP contribution in [0.1, 0.15) is 105 Å². The van der Waals surface area contributed by atoms with Gasteiger partial charge in [-0.2, -0.15) is 0 Å². The first-order valence-electron chi connectivity index (χ1n) is 20.5. The molecule has 56 heavy (non-hydrogen) atoms. The van der Waals surface area contributed by atoms with Gasteiger partial charge in [0.25, 0.3) is 11.7 Å². The van der Waals surface area contributed by atoms with Gasteiger partial charge in [-0.3, -0.25) is 14.4 Å². The lowest BCUT2D eigenvalue weighted by molar-refractivity contribution is -0.300. The normalized spacial score (nSPS) is 41.5. The third kappa shape index (κ3) is 10.8. The zero-order valence-corrected chi connectivity index (χ0v) is 34.4. The van der Waals surface area contributed by atoms with Gasteiger partial charge in [-0.25, -0.2) is 4.79 Å². The smallest absolute Gasteiger partial charge is 0.329 e. The number of carbonyl (C=O) groups excluding carboxylic acids is 4. The number of methoxy groups -OCH3 is 2. The lowest BCUT2D eigenvalue weighted by Gasteiger charge is -2.46. The van der Waals surface area contributed by atoms with E-state index in [-0.39, 0.29) is 49.5 Å². The molecule has 0 aromatic carbocycles. The maximum atomic E-state index is 14.2. The molecule has 2 bridgehead atoms. The Kier molecular flexibility index (Phi) is 16.6. The van der Waals surface area contributed by atoms with Crippen LogP contribution < -0.4 is 0 Å². The van der Waals surface area contributed by atoms with Gasteiger partial charge in [-0.05, 0) is 95.5 Å². The quantitative estimate of drug-likeness (QED) is 0.172. The molecule has 4 N–H and O–H groups in total. The minimum absolute atomic E-state index is 0.0192. The molecule has 0 aromatic heterocycles. The number of hydrogen-bond donors (Lipinski definition) is 4. The Morgan fingerprint density at radius 2 is 1.64 bits per heavy atom. The predicted molar refractivity (Wildman–Crippen MR) is 208 cm³/mol. The number of cyclic esters (lactones) is 1. The second kappa shape index (κ2) is 20.3. The minimum Gasteiger partial charge on any atom is -0.456 e. The molecule has 13 nitrogen and oxygen atoms in total. The van der Waals surface area contributed by atoms with Crippen molar-refractivity contribution in [2.75, 3.05) is 20.8 Å². The van der Waals surface area contributed by atoms with Crippen molar-refractivity contribution in [3.8, 4) is 0 Å². The fourth-order valence-corrected chi connectivity index (χ4v) is 9.22. The molecule has 2 saturated heterocycles. The van der Waals surface area contributed by atoms with Crippen LogP contribution in [0.4, 0.5) is 0 Å². The predicted octanol–water partition coefficient (Wildman–Crippen LogP) is 3.98. The molecule has 4 rings (SSSR count). The molecule has 0 spiro atoms. The van der Waals surface area contributed by atoms with Crippen molar-refractivity contribution < 1.29 is 58.6 Å². The average Bonchev–Trinajstić information content (AvgIpc) is 3.16. The molecule has 1 saturated carbocycles. The van der Waals surface area contributed by atoms with Crippen LogP contribution in [0.2, 0.25) is 0 Å². The van der Waals surface area contributed by atoms with Gasteiger partial charge in [0.05, 0.1) is 30.5 Å². The number of esters is 1. The van der Waals surface area contributed by atoms with Crippen LogP contribution in [0.5, 0.6) is 0 Å². The van der Waals surface area contributed by atoms with Crippen molar-refractivity contribution in [2.45, 2.75) is 160 Å². The summed E-state index contributed by atoms with van der Waals surface area (Å²) in [5, 5.41) is 45.1. The van der Waals surface area contributed by atoms with Crippen molar-refractivity contribution in [1.29, 1.82) is 0 Å². The third-order valence-corrected chi connectivity index (χ3v) is 12.6. The maximum Gasteiger partial charge on any atom is 0.329 e. The van der Waals surface area contributed by atoms with Gasteiger partial charge in [0.15, 0.2) is 0 Å². The van der Waals surface area contributed by atoms with E-state index in [1.807, 2.05) is 26.0 Å². The van der Waals surface area contributed by atoms with Crippen molar-refractivity contribution in [3.05, 3.63) is 36.0 Å². The van der Waals surface area contributed by atoms with Crippen LogP contribution in [-0.4, -0.2) is 124 Å². The zero-order chi connectivity index (χ0) is 41.5. The number of ether oxygens (including phenoxy) is 4. The second-order valence-corrected chi connectivity index (χ2v) is 17.1. The van der Waals surface area contributed by atoms with Crippen molar-refractivity contribution >= 4 is 23.4 Å². The molecule has 0 aromatic rings. The molecule has 3 heterocycles. The van der Waals surface area contributed by atoms with E-state index in [1.54, 1.807) is 27.0 Å². The van der Waals surface area contributed by atoms with Crippen molar-refractivity contribution in [1.82, 2.24) is 4.90 Å². The van der Waals surface area contributed by atoms with E-state index in [4.69, 9.17) is 18.9 Å². The summed E-state index contributed by atoms with van der Waals surface area (Å²) in [6, 6.07) is -1.17. The first kappa shape index (κ1) is 45.9. The molecule has 0 radical (unpaired) electrons. The number of fused-ring (bicyclic) bond motifs is 3. The van der Waals surface area contributed by atoms with Gasteiger partial charge < -0.3 is 44.3 Å². The highest BCUT2D eigenvalue weighted by molar-refractivity contribution is 6.39. The van der Waals surface area contributed by atoms with Gasteiger partial charge >= 0.3 is 5.97 Å². The Morgan fingerprint density at radius 1 is 0.946 bits per heavy atom. The summed E-state index contributed by atoms with van der Waals surface area (Å²) in [7, 11) is 3.01. The molecule has 4 aliphatic rings. The topological polar surface area (TPSA) is 189 Å². The van der Waals surface area contributed by atoms with Gasteiger partial charge in [0.2, 0.25) is 5.79 Å². The molecular formula is C43H67NO12. The van der Waals surface area contributed by atoms with E-state index in [1.165, 1.54) is 14.0 Å². The molecule has 316 valence electrons. The number of nitrogens with zero attached hydrogens (tertiary/aromatic N) is 1. The molecule has 1 aliphatic carbocycles. The highest BCUT2D eigenvalue weighted by Crippen LogP contribution is 2.38. The lowest BCUT2D eigenvalue weighted by Crippen LogP contribution is -2.64. The zero-order valence-electron chi connectivity index (χ0n) is 34.4. The first-order chi connectivity index (χ1) is 26.4. The summed E-state index contributed by atoms with van der Waals surface area (Å²) < 4.78 is 23.6. The Labute approximate surface area is 332 Å². The van der Waals surface area contributed by atoms with E-state index >= 15 is 0 Å². The van der Waals surface area contributed by atoms with Gasteiger partial charge in [0.1, 0.15) is 24.0 Å². The van der Waals surface area contributed by atoms with Crippen LogP contribution in [0.15, 0.2) is 36.0 Å². The fourth-order valence-electron chi connectivity index (χ4n) is 9.22. The lowest BCUT2D eigenvalue weighted by atomic mass is 9.81. The Balaban J connectivity index is 1.77. The summed E-state index contributed by atoms with van der Waals surface area (Å²) in [5.41, 5.74) is 1.56. The van der Waals surface area contributed by atoms with E-state index in [2.05, 4.69) is 6.58 Å². The largest absolute Gasteiger partial charge is 0.456 e. The molecule has 3 aliphatic heterocycles. The monoisotopic (exact) mass is 789 g/mol. The highest BCUT2D eigenvalue weighted by atomic mass is 16.7. The number of carbonyl (C=O) groups is 4. The van der Waals surface area contributed by atoms with Crippen LogP contribution in [0.25, 0.3) is 0 Å². The molecule has 13 heteroatoms. The second-order valence-electron chi connectivity index (χ2n) is 17.1. The van der Waals surface area contributed by atoms with Gasteiger partial charge in [-0.15, -0.1) is 6.58 Å². The van der Waals surface area contributed by atoms with Crippen LogP contribution in [-0.2, 0) is 38.1 Å². The summed E-state index contributed by atoms with van der Waals surface area (Å²) in [5.74, 6) is -8.21. The van der Waals surface area contributed by atoms with Crippen molar-refractivity contribution in [2.24, 2.45) is 29.6 Å². The number of aliphatic hydroxyl groups is 4. The number of piperidine rings is 1. The number of aliphatic hydroxyl groups excluding tert-OH is 3. The summed E-state index contributed by atoms with van der Waals surface area (Å²) >= 11 is 0. The van der Waals surface area contributed by atoms with Crippen LogP contribution >= 0.6 is 0 Å². The highest BCUT2D eigenvalue weighted by Gasteiger charge is 2.56. The van der Waals surface area contributed by atoms with Gasteiger partial charge in [0, 0.05) is 44.9 Å². The number of rotatable bonds is 6. The van der Waals surface area contributed by atoms with E-state index in [0.29, 0.717) is 56.9 Å². The van der Waals surface area contributed by atoms with Crippen LogP contribution in [0, 0.1) is 29.6 Å². The Bertz CT molecular complexity index is 1460. The van der Waals surface area contributed by atoms with E-state index < -0.39 is 83.9 Å². The number of Topliss-reactive ketones (excluding diaryl/α,β-unsaturated/α-hetero) is 2. The number of allylic oxidation sites excluding steroid dienone is 4. The van der Waals surface area contributed by atoms with Crippen LogP contribution in [0.3, 0.4) is 0 Å². The van der Waals surface area contributed by atoms with E-state index in [0.717, 1.165) is 10.5 Å². The molecular weight excluding hydrogens is 722 g/mol.